The van der Waals surface area contributed by atoms with Crippen LogP contribution in [0.2, 0.25) is 0 Å². The van der Waals surface area contributed by atoms with Crippen LogP contribution in [0.5, 0.6) is 0 Å². The van der Waals surface area contributed by atoms with E-state index in [1.807, 2.05) is 12.3 Å². The van der Waals surface area contributed by atoms with Gasteiger partial charge in [-0.3, -0.25) is 14.7 Å². The lowest BCUT2D eigenvalue weighted by Crippen LogP contribution is -2.53. The average molecular weight is 383 g/mol. The Kier molecular flexibility index (Phi) is 5.78. The Hall–Kier alpha value is -2.18. The number of rotatable bonds is 4. The van der Waals surface area contributed by atoms with Crippen molar-refractivity contribution in [3.05, 3.63) is 36.0 Å². The molecule has 0 spiro atoms. The first-order valence-electron chi connectivity index (χ1n) is 10.3. The molecule has 2 aromatic rings. The molecule has 2 aliphatic rings. The lowest BCUT2D eigenvalue weighted by Gasteiger charge is -2.39. The number of anilines is 1. The summed E-state index contributed by atoms with van der Waals surface area (Å²) in [5, 5.41) is 4.47. The van der Waals surface area contributed by atoms with E-state index in [9.17, 15) is 4.79 Å². The highest BCUT2D eigenvalue weighted by Crippen LogP contribution is 2.31. The largest absolute Gasteiger partial charge is 0.379 e. The van der Waals surface area contributed by atoms with Crippen LogP contribution in [-0.4, -0.2) is 67.8 Å². The zero-order valence-electron chi connectivity index (χ0n) is 16.9. The predicted octanol–water partition coefficient (Wildman–Crippen LogP) is 2.21. The minimum atomic E-state index is 0.122. The van der Waals surface area contributed by atoms with Gasteiger partial charge in [0, 0.05) is 49.5 Å². The average Bonchev–Trinajstić information content (AvgIpc) is 2.68. The fourth-order valence-electron chi connectivity index (χ4n) is 4.46. The molecule has 1 N–H and O–H groups in total. The number of aryl methyl sites for hydroxylation is 1. The highest BCUT2D eigenvalue weighted by molar-refractivity contribution is 5.93. The van der Waals surface area contributed by atoms with Gasteiger partial charge in [0.2, 0.25) is 5.91 Å². The maximum atomic E-state index is 12.6. The summed E-state index contributed by atoms with van der Waals surface area (Å²) >= 11 is 0. The highest BCUT2D eigenvalue weighted by atomic mass is 16.5. The highest BCUT2D eigenvalue weighted by Gasteiger charge is 2.27. The van der Waals surface area contributed by atoms with Crippen LogP contribution in [0.15, 0.2) is 30.5 Å². The van der Waals surface area contributed by atoms with Gasteiger partial charge >= 0.3 is 0 Å². The number of hydrogen-bond acceptors (Lipinski definition) is 5. The van der Waals surface area contributed by atoms with Gasteiger partial charge in [-0.05, 0) is 43.0 Å². The molecule has 1 aromatic carbocycles. The second-order valence-electron chi connectivity index (χ2n) is 8.20. The molecule has 2 saturated heterocycles. The second-order valence-corrected chi connectivity index (χ2v) is 8.20. The third kappa shape index (κ3) is 4.28. The first kappa shape index (κ1) is 19.2. The summed E-state index contributed by atoms with van der Waals surface area (Å²) in [5.41, 5.74) is 3.47. The molecule has 28 heavy (non-hydrogen) atoms. The van der Waals surface area contributed by atoms with Crippen molar-refractivity contribution in [3.63, 3.8) is 0 Å². The minimum absolute atomic E-state index is 0.122. The predicted molar refractivity (Wildman–Crippen MR) is 112 cm³/mol. The maximum absolute atomic E-state index is 12.6. The molecule has 2 atom stereocenters. The van der Waals surface area contributed by atoms with Gasteiger partial charge in [0.1, 0.15) is 0 Å². The smallest absolute Gasteiger partial charge is 0.234 e. The van der Waals surface area contributed by atoms with E-state index in [0.29, 0.717) is 12.5 Å². The van der Waals surface area contributed by atoms with E-state index in [-0.39, 0.29) is 11.9 Å². The number of aromatic nitrogens is 1. The number of fused-ring (bicyclic) bond motifs is 1. The van der Waals surface area contributed by atoms with Gasteiger partial charge in [0.05, 0.1) is 25.3 Å². The van der Waals surface area contributed by atoms with Crippen molar-refractivity contribution in [2.75, 3.05) is 50.8 Å². The molecule has 0 bridgehead atoms. The van der Waals surface area contributed by atoms with E-state index in [1.54, 1.807) is 0 Å². The summed E-state index contributed by atoms with van der Waals surface area (Å²) in [4.78, 5) is 21.7. The first-order chi connectivity index (χ1) is 13.6. The van der Waals surface area contributed by atoms with Crippen LogP contribution in [0, 0.1) is 12.8 Å². The van der Waals surface area contributed by atoms with E-state index >= 15 is 0 Å². The van der Waals surface area contributed by atoms with E-state index in [2.05, 4.69) is 52.1 Å². The van der Waals surface area contributed by atoms with Gasteiger partial charge in [-0.25, -0.2) is 0 Å². The molecule has 2 fully saturated rings. The van der Waals surface area contributed by atoms with Crippen LogP contribution in [-0.2, 0) is 9.53 Å². The Labute approximate surface area is 166 Å². The van der Waals surface area contributed by atoms with Crippen LogP contribution in [0.25, 0.3) is 10.9 Å². The van der Waals surface area contributed by atoms with E-state index in [0.717, 1.165) is 51.3 Å². The quantitative estimate of drug-likeness (QED) is 0.879. The van der Waals surface area contributed by atoms with Crippen LogP contribution in [0.4, 0.5) is 5.69 Å². The SMILES string of the molecule is Cc1ccc(N2CC(C)CC(NC(=O)CN3CCOCC3)C2)c2cccnc12. The molecule has 4 rings (SSSR count). The summed E-state index contributed by atoms with van der Waals surface area (Å²) in [6.45, 7) is 9.79. The fraction of sp³-hybridized carbons (Fsp3) is 0.545. The molecule has 2 unspecified atom stereocenters. The zero-order chi connectivity index (χ0) is 19.5. The number of pyridine rings is 1. The van der Waals surface area contributed by atoms with Gasteiger partial charge in [-0.2, -0.15) is 0 Å². The lowest BCUT2D eigenvalue weighted by atomic mass is 9.94. The first-order valence-corrected chi connectivity index (χ1v) is 10.3. The van der Waals surface area contributed by atoms with E-state index in [4.69, 9.17) is 4.74 Å². The molecule has 1 amide bonds. The third-order valence-corrected chi connectivity index (χ3v) is 5.78. The lowest BCUT2D eigenvalue weighted by molar-refractivity contribution is -0.124. The van der Waals surface area contributed by atoms with Crippen molar-refractivity contribution in [1.29, 1.82) is 0 Å². The fourth-order valence-corrected chi connectivity index (χ4v) is 4.46. The molecule has 2 aliphatic heterocycles. The maximum Gasteiger partial charge on any atom is 0.234 e. The Morgan fingerprint density at radius 1 is 1.25 bits per heavy atom. The van der Waals surface area contributed by atoms with Gasteiger partial charge in [0.15, 0.2) is 0 Å². The van der Waals surface area contributed by atoms with Gasteiger partial charge in [-0.15, -0.1) is 0 Å². The van der Waals surface area contributed by atoms with Gasteiger partial charge < -0.3 is 15.0 Å². The second kappa shape index (κ2) is 8.45. The topological polar surface area (TPSA) is 57.7 Å². The molecule has 0 radical (unpaired) electrons. The number of benzene rings is 1. The number of nitrogens with one attached hydrogen (secondary N) is 1. The van der Waals surface area contributed by atoms with Crippen LogP contribution < -0.4 is 10.2 Å². The Balaban J connectivity index is 1.46. The van der Waals surface area contributed by atoms with Crippen molar-refractivity contribution in [2.45, 2.75) is 26.3 Å². The summed E-state index contributed by atoms with van der Waals surface area (Å²) in [6, 6.07) is 8.67. The van der Waals surface area contributed by atoms with Crippen molar-refractivity contribution >= 4 is 22.5 Å². The van der Waals surface area contributed by atoms with Gasteiger partial charge in [-0.1, -0.05) is 13.0 Å². The number of ether oxygens (including phenoxy) is 1. The van der Waals surface area contributed by atoms with Crippen LogP contribution >= 0.6 is 0 Å². The van der Waals surface area contributed by atoms with Crippen molar-refractivity contribution < 1.29 is 9.53 Å². The van der Waals surface area contributed by atoms with Crippen molar-refractivity contribution in [2.24, 2.45) is 5.92 Å². The normalized spacial score (nSPS) is 23.7. The standard InChI is InChI=1S/C22H30N4O2/c1-16-12-18(24-21(27)15-25-8-10-28-11-9-25)14-26(13-16)20-6-5-17(2)22-19(20)4-3-7-23-22/h3-7,16,18H,8-15H2,1-2H3,(H,24,27). The summed E-state index contributed by atoms with van der Waals surface area (Å²) in [6.07, 6.45) is 2.87. The van der Waals surface area contributed by atoms with Crippen molar-refractivity contribution in [1.82, 2.24) is 15.2 Å². The molecular weight excluding hydrogens is 352 g/mol. The summed E-state index contributed by atoms with van der Waals surface area (Å²) < 4.78 is 5.37. The molecule has 150 valence electrons. The summed E-state index contributed by atoms with van der Waals surface area (Å²) in [5.74, 6) is 0.645. The van der Waals surface area contributed by atoms with E-state index in [1.165, 1.54) is 16.6 Å². The molecule has 0 saturated carbocycles. The molecule has 1 aromatic heterocycles. The number of morpholine rings is 1. The molecule has 0 aliphatic carbocycles. The third-order valence-electron chi connectivity index (χ3n) is 5.78. The Morgan fingerprint density at radius 3 is 2.89 bits per heavy atom. The number of nitrogens with zero attached hydrogens (tertiary/aromatic N) is 3. The van der Waals surface area contributed by atoms with Crippen molar-refractivity contribution in [3.8, 4) is 0 Å². The van der Waals surface area contributed by atoms with E-state index < -0.39 is 0 Å². The molecule has 3 heterocycles. The van der Waals surface area contributed by atoms with Crippen LogP contribution in [0.3, 0.4) is 0 Å². The van der Waals surface area contributed by atoms with Gasteiger partial charge in [0.25, 0.3) is 0 Å². The molecule has 6 heteroatoms. The molecule has 6 nitrogen and oxygen atoms in total. The number of hydrogen-bond donors (Lipinski definition) is 1. The number of carbonyl (C=O) groups excluding carboxylic acids is 1. The minimum Gasteiger partial charge on any atom is -0.379 e. The summed E-state index contributed by atoms with van der Waals surface area (Å²) in [7, 11) is 0. The number of amides is 1. The van der Waals surface area contributed by atoms with Crippen LogP contribution in [0.1, 0.15) is 18.9 Å². The monoisotopic (exact) mass is 382 g/mol. The number of carbonyl (C=O) groups is 1. The number of piperidine rings is 1. The molecular formula is C22H30N4O2. The Morgan fingerprint density at radius 2 is 2.07 bits per heavy atom. The Bertz CT molecular complexity index is 834. The zero-order valence-corrected chi connectivity index (χ0v) is 16.9.